The Morgan fingerprint density at radius 2 is 1.74 bits per heavy atom. The number of rotatable bonds is 3. The van der Waals surface area contributed by atoms with Crippen LogP contribution in [-0.2, 0) is 0 Å². The fourth-order valence-corrected chi connectivity index (χ4v) is 3.04. The summed E-state index contributed by atoms with van der Waals surface area (Å²) in [5, 5.41) is 14.1. The molecule has 4 rings (SSSR count). The monoisotopic (exact) mass is 426 g/mol. The van der Waals surface area contributed by atoms with Crippen LogP contribution in [0.15, 0.2) is 65.1 Å². The Hall–Kier alpha value is -3.39. The number of carbonyl (C=O) groups is 1. The average Bonchev–Trinajstić information content (AvgIpc) is 2.79. The van der Waals surface area contributed by atoms with Crippen molar-refractivity contribution in [3.63, 3.8) is 0 Å². The second kappa shape index (κ2) is 6.73. The van der Waals surface area contributed by atoms with Gasteiger partial charge in [-0.15, -0.1) is 0 Å². The fourth-order valence-electron chi connectivity index (χ4n) is 2.67. The molecular formula is C19H11BrN2O5. The van der Waals surface area contributed by atoms with Gasteiger partial charge in [-0.3, -0.25) is 14.9 Å². The Morgan fingerprint density at radius 1 is 1.00 bits per heavy atom. The molecule has 0 bridgehead atoms. The van der Waals surface area contributed by atoms with Crippen LogP contribution in [0.4, 0.5) is 11.4 Å². The van der Waals surface area contributed by atoms with Gasteiger partial charge in [0.2, 0.25) is 0 Å². The number of nitrogens with one attached hydrogen (secondary N) is 1. The predicted molar refractivity (Wildman–Crippen MR) is 102 cm³/mol. The number of para-hydroxylation sites is 3. The molecule has 134 valence electrons. The SMILES string of the molecule is O=C1Nc2ccccc2Oc2cc([N+](=O)[O-])cc(Oc3ccccc3Br)c21. The van der Waals surface area contributed by atoms with E-state index < -0.39 is 10.8 Å². The lowest BCUT2D eigenvalue weighted by Gasteiger charge is -2.13. The zero-order valence-corrected chi connectivity index (χ0v) is 15.2. The molecule has 7 nitrogen and oxygen atoms in total. The van der Waals surface area contributed by atoms with Crippen molar-refractivity contribution in [2.45, 2.75) is 0 Å². The molecule has 1 N–H and O–H groups in total. The number of fused-ring (bicyclic) bond motifs is 2. The summed E-state index contributed by atoms with van der Waals surface area (Å²) in [6, 6.07) is 16.3. The van der Waals surface area contributed by atoms with E-state index in [4.69, 9.17) is 9.47 Å². The minimum atomic E-state index is -0.564. The first kappa shape index (κ1) is 17.0. The van der Waals surface area contributed by atoms with Gasteiger partial charge in [0.05, 0.1) is 27.2 Å². The molecule has 0 atom stereocenters. The number of carbonyl (C=O) groups excluding carboxylic acids is 1. The standard InChI is InChI=1S/C19H11BrN2O5/c20-12-5-1-3-7-14(12)26-16-9-11(22(24)25)10-17-18(16)19(23)21-13-6-2-4-8-15(13)27-17/h1-10H,(H,21,23). The molecule has 0 unspecified atom stereocenters. The molecular weight excluding hydrogens is 416 g/mol. The molecule has 1 heterocycles. The van der Waals surface area contributed by atoms with Crippen LogP contribution in [0.1, 0.15) is 10.4 Å². The summed E-state index contributed by atoms with van der Waals surface area (Å²) < 4.78 is 12.3. The van der Waals surface area contributed by atoms with Crippen LogP contribution in [0, 0.1) is 10.1 Å². The van der Waals surface area contributed by atoms with E-state index in [1.165, 1.54) is 12.1 Å². The summed E-state index contributed by atoms with van der Waals surface area (Å²) >= 11 is 3.36. The van der Waals surface area contributed by atoms with E-state index in [2.05, 4.69) is 21.2 Å². The lowest BCUT2D eigenvalue weighted by Crippen LogP contribution is -2.12. The molecule has 1 aliphatic rings. The van der Waals surface area contributed by atoms with Crippen molar-refractivity contribution < 1.29 is 19.2 Å². The van der Waals surface area contributed by atoms with Crippen LogP contribution >= 0.6 is 15.9 Å². The van der Waals surface area contributed by atoms with E-state index in [0.29, 0.717) is 21.7 Å². The molecule has 3 aromatic carbocycles. The van der Waals surface area contributed by atoms with Gasteiger partial charge in [-0.1, -0.05) is 24.3 Å². The first-order chi connectivity index (χ1) is 13.0. The van der Waals surface area contributed by atoms with E-state index in [1.54, 1.807) is 48.5 Å². The first-order valence-corrected chi connectivity index (χ1v) is 8.65. The molecule has 0 aromatic heterocycles. The summed E-state index contributed by atoms with van der Waals surface area (Å²) in [4.78, 5) is 23.6. The minimum Gasteiger partial charge on any atom is -0.455 e. The molecule has 0 saturated heterocycles. The number of nitrogens with zero attached hydrogens (tertiary/aromatic N) is 1. The molecule has 0 fully saturated rings. The van der Waals surface area contributed by atoms with E-state index in [9.17, 15) is 14.9 Å². The minimum absolute atomic E-state index is 0.0245. The molecule has 0 aliphatic carbocycles. The Balaban J connectivity index is 1.89. The summed E-state index contributed by atoms with van der Waals surface area (Å²) in [5.41, 5.74) is 0.295. The van der Waals surface area contributed by atoms with Crippen molar-refractivity contribution in [3.05, 3.63) is 80.8 Å². The number of nitro benzene ring substituents is 1. The molecule has 0 spiro atoms. The number of ether oxygens (including phenoxy) is 2. The van der Waals surface area contributed by atoms with Gasteiger partial charge in [-0.2, -0.15) is 0 Å². The van der Waals surface area contributed by atoms with Crippen LogP contribution in [0.2, 0.25) is 0 Å². The number of amides is 1. The largest absolute Gasteiger partial charge is 0.455 e. The fraction of sp³-hybridized carbons (Fsp3) is 0. The topological polar surface area (TPSA) is 90.7 Å². The van der Waals surface area contributed by atoms with E-state index in [-0.39, 0.29) is 22.7 Å². The number of non-ortho nitro benzene ring substituents is 1. The number of benzene rings is 3. The normalized spacial score (nSPS) is 12.1. The maximum atomic E-state index is 12.8. The molecule has 3 aromatic rings. The van der Waals surface area contributed by atoms with Crippen molar-refractivity contribution in [1.82, 2.24) is 0 Å². The third kappa shape index (κ3) is 3.22. The average molecular weight is 427 g/mol. The van der Waals surface area contributed by atoms with Crippen molar-refractivity contribution >= 4 is 33.2 Å². The second-order valence-corrected chi connectivity index (χ2v) is 6.51. The third-order valence-electron chi connectivity index (χ3n) is 3.90. The van der Waals surface area contributed by atoms with Gasteiger partial charge in [0, 0.05) is 0 Å². The highest BCUT2D eigenvalue weighted by Gasteiger charge is 2.28. The van der Waals surface area contributed by atoms with Crippen LogP contribution in [0.3, 0.4) is 0 Å². The van der Waals surface area contributed by atoms with Crippen LogP contribution in [0.5, 0.6) is 23.0 Å². The van der Waals surface area contributed by atoms with Gasteiger partial charge >= 0.3 is 0 Å². The molecule has 27 heavy (non-hydrogen) atoms. The zero-order valence-electron chi connectivity index (χ0n) is 13.6. The lowest BCUT2D eigenvalue weighted by atomic mass is 10.1. The van der Waals surface area contributed by atoms with Crippen LogP contribution in [0.25, 0.3) is 0 Å². The maximum absolute atomic E-state index is 12.8. The van der Waals surface area contributed by atoms with Crippen molar-refractivity contribution in [2.75, 3.05) is 5.32 Å². The number of nitro groups is 1. The summed E-state index contributed by atoms with van der Waals surface area (Å²) in [5.74, 6) is 0.392. The van der Waals surface area contributed by atoms with Crippen LogP contribution in [-0.4, -0.2) is 10.8 Å². The molecule has 0 radical (unpaired) electrons. The molecule has 1 amide bonds. The third-order valence-corrected chi connectivity index (χ3v) is 4.56. The Kier molecular flexibility index (Phi) is 4.25. The number of halogens is 1. The van der Waals surface area contributed by atoms with Gasteiger partial charge in [-0.25, -0.2) is 0 Å². The molecule has 1 aliphatic heterocycles. The Bertz CT molecular complexity index is 1080. The predicted octanol–water partition coefficient (Wildman–Crippen LogP) is 5.51. The van der Waals surface area contributed by atoms with Crippen molar-refractivity contribution in [3.8, 4) is 23.0 Å². The maximum Gasteiger partial charge on any atom is 0.276 e. The van der Waals surface area contributed by atoms with Gasteiger partial charge in [0.15, 0.2) is 17.2 Å². The highest BCUT2D eigenvalue weighted by molar-refractivity contribution is 9.10. The molecule has 8 heteroatoms. The van der Waals surface area contributed by atoms with Gasteiger partial charge in [-0.05, 0) is 40.2 Å². The Morgan fingerprint density at radius 3 is 2.52 bits per heavy atom. The van der Waals surface area contributed by atoms with Gasteiger partial charge in [0.25, 0.3) is 11.6 Å². The second-order valence-electron chi connectivity index (χ2n) is 5.66. The quantitative estimate of drug-likeness (QED) is 0.440. The number of hydrogen-bond acceptors (Lipinski definition) is 5. The highest BCUT2D eigenvalue weighted by atomic mass is 79.9. The highest BCUT2D eigenvalue weighted by Crippen LogP contribution is 2.43. The Labute approximate surface area is 161 Å². The zero-order chi connectivity index (χ0) is 19.0. The van der Waals surface area contributed by atoms with Crippen molar-refractivity contribution in [2.24, 2.45) is 0 Å². The molecule has 0 saturated carbocycles. The van der Waals surface area contributed by atoms with Crippen LogP contribution < -0.4 is 14.8 Å². The smallest absolute Gasteiger partial charge is 0.276 e. The first-order valence-electron chi connectivity index (χ1n) is 7.86. The lowest BCUT2D eigenvalue weighted by molar-refractivity contribution is -0.385. The van der Waals surface area contributed by atoms with Crippen molar-refractivity contribution in [1.29, 1.82) is 0 Å². The van der Waals surface area contributed by atoms with E-state index in [0.717, 1.165) is 0 Å². The van der Waals surface area contributed by atoms with Gasteiger partial charge in [0.1, 0.15) is 11.3 Å². The summed E-state index contributed by atoms with van der Waals surface area (Å²) in [7, 11) is 0. The summed E-state index contributed by atoms with van der Waals surface area (Å²) in [6.45, 7) is 0. The number of anilines is 1. The van der Waals surface area contributed by atoms with E-state index in [1.807, 2.05) is 0 Å². The van der Waals surface area contributed by atoms with E-state index >= 15 is 0 Å². The number of hydrogen-bond donors (Lipinski definition) is 1. The summed E-state index contributed by atoms with van der Waals surface area (Å²) in [6.07, 6.45) is 0. The van der Waals surface area contributed by atoms with Gasteiger partial charge < -0.3 is 14.8 Å².